The zero-order chi connectivity index (χ0) is 43.0. The first kappa shape index (κ1) is 56.7. The van der Waals surface area contributed by atoms with Crippen LogP contribution in [0, 0.1) is 0 Å². The third-order valence-corrected chi connectivity index (χ3v) is 14.3. The van der Waals surface area contributed by atoms with E-state index in [9.17, 15) is 78.9 Å². The summed E-state index contributed by atoms with van der Waals surface area (Å²) in [6, 6.07) is 14.1. The molecule has 6 aromatic carbocycles. The van der Waals surface area contributed by atoms with Gasteiger partial charge in [-0.25, -0.2) is 50.5 Å². The fourth-order valence-electron chi connectivity index (χ4n) is 5.68. The van der Waals surface area contributed by atoms with E-state index < -0.39 is 134 Å². The van der Waals surface area contributed by atoms with Crippen LogP contribution >= 0.6 is 0 Å². The summed E-state index contributed by atoms with van der Waals surface area (Å²) in [7, 11) is -30.3. The van der Waals surface area contributed by atoms with Gasteiger partial charge in [0.2, 0.25) is 0 Å². The first-order chi connectivity index (χ1) is 26.5. The van der Waals surface area contributed by atoms with Crippen LogP contribution in [0.15, 0.2) is 126 Å². The van der Waals surface area contributed by atoms with Crippen LogP contribution in [-0.4, -0.2) is 78.9 Å². The topological polar surface area (TPSA) is 362 Å². The third-order valence-electron chi connectivity index (χ3n) is 8.26. The van der Waals surface area contributed by atoms with Crippen LogP contribution in [0.4, 0.5) is 11.4 Å². The normalized spacial score (nSPS) is 12.3. The minimum atomic E-state index is -5.29. The molecule has 0 heterocycles. The van der Waals surface area contributed by atoms with Gasteiger partial charge < -0.3 is 28.4 Å². The predicted octanol–water partition coefficient (Wildman–Crippen LogP) is -9.69. The Labute approximate surface area is 442 Å². The van der Waals surface area contributed by atoms with Gasteiger partial charge in [-0.1, -0.05) is 24.3 Å². The van der Waals surface area contributed by atoms with Gasteiger partial charge in [0.15, 0.2) is 0 Å². The summed E-state index contributed by atoms with van der Waals surface area (Å²) in [5.41, 5.74) is -0.728. The van der Waals surface area contributed by atoms with Crippen molar-refractivity contribution < 1.29 is 197 Å². The number of sulfonamides is 2. The van der Waals surface area contributed by atoms with E-state index in [-0.39, 0.29) is 118 Å². The van der Waals surface area contributed by atoms with Crippen molar-refractivity contribution in [2.24, 2.45) is 0 Å². The Morgan fingerprint density at radius 1 is 0.355 bits per heavy atom. The Morgan fingerprint density at radius 3 is 0.839 bits per heavy atom. The second kappa shape index (κ2) is 20.2. The summed E-state index contributed by atoms with van der Waals surface area (Å²) in [4.78, 5) is -4.98. The molecule has 30 heteroatoms. The number of hydrogen-bond acceptors (Lipinski definition) is 18. The third kappa shape index (κ3) is 12.5. The molecule has 4 N–H and O–H groups in total. The van der Waals surface area contributed by atoms with Crippen molar-refractivity contribution in [2.75, 3.05) is 9.44 Å². The SMILES string of the molecule is O=S(=O)([O-])c1cc(O)c2c(NS(=O)(=O)c3ccc(-c4ccc(S(=O)(=O)Nc5cc(S(=O)(=O)[O-])cc6cc(S(=O)(=O)[O-])cc(O)c56)cc4)cc3)cc(S(=O)(=O)[O-])cc2c1.[Na+].[Na+].[Na+].[Na+]. The molecule has 0 fully saturated rings. The van der Waals surface area contributed by atoms with E-state index in [4.69, 9.17) is 0 Å². The minimum absolute atomic E-state index is 0. The first-order valence-electron chi connectivity index (χ1n) is 15.3. The molecule has 0 atom stereocenters. The number of phenols is 2. The first-order valence-corrected chi connectivity index (χ1v) is 23.9. The Morgan fingerprint density at radius 2 is 0.597 bits per heavy atom. The van der Waals surface area contributed by atoms with Crippen LogP contribution in [0.25, 0.3) is 32.7 Å². The average Bonchev–Trinajstić information content (AvgIpc) is 3.09. The molecule has 0 amide bonds. The molecular weight excluding hydrogens is 985 g/mol. The molecule has 6 aromatic rings. The van der Waals surface area contributed by atoms with E-state index >= 15 is 0 Å². The zero-order valence-corrected chi connectivity index (χ0v) is 45.0. The Kier molecular flexibility index (Phi) is 18.5. The van der Waals surface area contributed by atoms with Crippen molar-refractivity contribution in [1.29, 1.82) is 0 Å². The van der Waals surface area contributed by atoms with Crippen LogP contribution in [0.3, 0.4) is 0 Å². The molecule has 6 rings (SSSR count). The van der Waals surface area contributed by atoms with Gasteiger partial charge in [0.1, 0.15) is 52.0 Å². The van der Waals surface area contributed by atoms with E-state index in [1.807, 2.05) is 9.44 Å². The summed E-state index contributed by atoms with van der Waals surface area (Å²) in [6.45, 7) is 0. The number of rotatable bonds is 11. The number of benzene rings is 6. The number of phenolic OH excluding ortho intramolecular Hbond substituents is 2. The summed E-state index contributed by atoms with van der Waals surface area (Å²) < 4.78 is 198. The van der Waals surface area contributed by atoms with E-state index in [2.05, 4.69) is 0 Å². The van der Waals surface area contributed by atoms with E-state index in [1.54, 1.807) is 0 Å². The van der Waals surface area contributed by atoms with Gasteiger partial charge >= 0.3 is 118 Å². The van der Waals surface area contributed by atoms with Crippen molar-refractivity contribution in [3.05, 3.63) is 97.1 Å². The quantitative estimate of drug-likeness (QED) is 0.0691. The van der Waals surface area contributed by atoms with Crippen LogP contribution in [0.2, 0.25) is 0 Å². The van der Waals surface area contributed by atoms with Gasteiger partial charge in [0.25, 0.3) is 20.0 Å². The maximum Gasteiger partial charge on any atom is 1.00 e. The smallest absolute Gasteiger partial charge is 0.744 e. The Hall–Kier alpha value is -1.42. The second-order valence-corrected chi connectivity index (χ2v) is 21.0. The van der Waals surface area contributed by atoms with E-state index in [0.29, 0.717) is 59.7 Å². The Bertz CT molecular complexity index is 3190. The van der Waals surface area contributed by atoms with Crippen molar-refractivity contribution in [1.82, 2.24) is 0 Å². The van der Waals surface area contributed by atoms with Gasteiger partial charge in [-0.05, 0) is 94.7 Å². The predicted molar refractivity (Wildman–Crippen MR) is 197 cm³/mol. The van der Waals surface area contributed by atoms with E-state index in [1.165, 1.54) is 24.3 Å². The van der Waals surface area contributed by atoms with Gasteiger partial charge in [-0.2, -0.15) is 0 Å². The summed E-state index contributed by atoms with van der Waals surface area (Å²) in [6.07, 6.45) is 0. The van der Waals surface area contributed by atoms with Crippen molar-refractivity contribution in [3.63, 3.8) is 0 Å². The minimum Gasteiger partial charge on any atom is -0.744 e. The van der Waals surface area contributed by atoms with Crippen LogP contribution in [-0.2, 0) is 60.5 Å². The molecule has 0 bridgehead atoms. The largest absolute Gasteiger partial charge is 1.00 e. The number of fused-ring (bicyclic) bond motifs is 2. The van der Waals surface area contributed by atoms with Gasteiger partial charge in [-0.15, -0.1) is 0 Å². The molecule has 0 saturated carbocycles. The van der Waals surface area contributed by atoms with Crippen LogP contribution in [0.5, 0.6) is 11.5 Å². The van der Waals surface area contributed by atoms with Gasteiger partial charge in [0.05, 0.1) is 40.7 Å². The number of anilines is 2. The Balaban J connectivity index is 0.00000331. The standard InChI is InChI=1S/C32H24N2O18S6.4Na/c35-29-15-25(57(47,48)49)11-19-9-23(55(41,42)43)13-27(31(19)29)33-53(37,38)21-5-1-17(2-6-21)18-3-7-22(8-4-18)54(39,40)34-28-14-24(56(44,45)46)10-20-12-26(58(50,51)52)16-30(36)32(20)28;;;;/h1-16,33-36H,(H,41,42,43)(H,44,45,46)(H,47,48,49)(H,50,51,52);;;;/q;4*+1/p-4. The molecule has 0 aliphatic carbocycles. The van der Waals surface area contributed by atoms with Crippen LogP contribution in [0.1, 0.15) is 0 Å². The summed E-state index contributed by atoms with van der Waals surface area (Å²) in [5.74, 6) is -1.89. The van der Waals surface area contributed by atoms with Gasteiger partial charge in [-0.3, -0.25) is 9.44 Å². The second-order valence-electron chi connectivity index (χ2n) is 12.1. The molecule has 306 valence electrons. The number of hydrogen-bond donors (Lipinski definition) is 4. The zero-order valence-electron chi connectivity index (χ0n) is 32.1. The number of nitrogens with one attached hydrogen (secondary N) is 2. The van der Waals surface area contributed by atoms with Crippen molar-refractivity contribution in [3.8, 4) is 22.6 Å². The molecule has 0 unspecified atom stereocenters. The average molecular weight is 1000 g/mol. The van der Waals surface area contributed by atoms with Crippen LogP contribution < -0.4 is 128 Å². The molecular formula is C32H20N2Na4O18S6. The van der Waals surface area contributed by atoms with E-state index in [0.717, 1.165) is 24.3 Å². The fourth-order valence-corrected chi connectivity index (χ4v) is 9.92. The molecule has 62 heavy (non-hydrogen) atoms. The fraction of sp³-hybridized carbons (Fsp3) is 0. The summed E-state index contributed by atoms with van der Waals surface area (Å²) in [5, 5.41) is 19.1. The van der Waals surface area contributed by atoms with Crippen molar-refractivity contribution >= 4 is 93.4 Å². The molecule has 0 aliphatic rings. The molecule has 0 radical (unpaired) electrons. The molecule has 20 nitrogen and oxygen atoms in total. The molecule has 0 aromatic heterocycles. The molecule has 0 aliphatic heterocycles. The maximum atomic E-state index is 13.4. The molecule has 0 spiro atoms. The maximum absolute atomic E-state index is 13.4. The monoisotopic (exact) mass is 1000 g/mol. The number of aromatic hydroxyl groups is 2. The van der Waals surface area contributed by atoms with Crippen molar-refractivity contribution in [2.45, 2.75) is 29.4 Å². The molecule has 0 saturated heterocycles. The van der Waals surface area contributed by atoms with Gasteiger partial charge in [0, 0.05) is 10.8 Å². The summed E-state index contributed by atoms with van der Waals surface area (Å²) >= 11 is 0.